The van der Waals surface area contributed by atoms with Crippen LogP contribution in [0.5, 0.6) is 0 Å². The van der Waals surface area contributed by atoms with E-state index < -0.39 is 0 Å². The summed E-state index contributed by atoms with van der Waals surface area (Å²) in [5, 5.41) is 0. The highest BCUT2D eigenvalue weighted by Gasteiger charge is 2.26. The van der Waals surface area contributed by atoms with Crippen LogP contribution in [0.25, 0.3) is 89.0 Å². The van der Waals surface area contributed by atoms with Gasteiger partial charge in [-0.1, -0.05) is 200 Å². The summed E-state index contributed by atoms with van der Waals surface area (Å²) in [7, 11) is 0. The van der Waals surface area contributed by atoms with Crippen LogP contribution in [0.15, 0.2) is 249 Å². The summed E-state index contributed by atoms with van der Waals surface area (Å²) in [4.78, 5) is 2.47. The number of para-hydroxylation sites is 1. The molecule has 0 atom stereocenters. The normalized spacial score (nSPS) is 11.6. The van der Waals surface area contributed by atoms with Crippen LogP contribution >= 0.6 is 0 Å². The van der Waals surface area contributed by atoms with E-state index in [-0.39, 0.29) is 0 Å². The molecule has 10 aromatic carbocycles. The van der Waals surface area contributed by atoms with E-state index in [9.17, 15) is 0 Å². The number of rotatable bonds is 5. The average Bonchev–Trinajstić information content (AvgIpc) is 3.36. The molecule has 1 nitrogen and oxygen atoms in total. The first-order chi connectivity index (χ1) is 30.3. The van der Waals surface area contributed by atoms with Crippen LogP contribution in [-0.2, 0) is 0 Å². The van der Waals surface area contributed by atoms with E-state index in [2.05, 4.69) is 254 Å². The number of benzene rings is 10. The van der Waals surface area contributed by atoms with Gasteiger partial charge in [0.2, 0.25) is 0 Å². The van der Waals surface area contributed by atoms with E-state index in [0.717, 1.165) is 28.2 Å². The first-order valence-electron chi connectivity index (χ1n) is 21.0. The molecule has 0 spiro atoms. The molecule has 11 rings (SSSR count). The van der Waals surface area contributed by atoms with Crippen molar-refractivity contribution in [3.63, 3.8) is 0 Å². The minimum Gasteiger partial charge on any atom is -0.309 e. The van der Waals surface area contributed by atoms with Crippen LogP contribution in [-0.4, -0.2) is 0 Å². The van der Waals surface area contributed by atoms with Gasteiger partial charge in [0, 0.05) is 16.8 Å². The molecule has 0 aromatic heterocycles. The van der Waals surface area contributed by atoms with Crippen molar-refractivity contribution in [1.29, 1.82) is 0 Å². The van der Waals surface area contributed by atoms with Crippen LogP contribution in [0.1, 0.15) is 0 Å². The zero-order valence-corrected chi connectivity index (χ0v) is 33.6. The Labute approximate surface area is 358 Å². The highest BCUT2D eigenvalue weighted by Crippen LogP contribution is 2.52. The maximum absolute atomic E-state index is 2.47. The number of fused-ring (bicyclic) bond motifs is 9. The van der Waals surface area contributed by atoms with Crippen LogP contribution in [0.2, 0.25) is 0 Å². The molecular formula is C60H41N. The van der Waals surface area contributed by atoms with Gasteiger partial charge in [0.15, 0.2) is 0 Å². The summed E-state index contributed by atoms with van der Waals surface area (Å²) in [5.74, 6) is 0. The van der Waals surface area contributed by atoms with Gasteiger partial charge in [-0.15, -0.1) is 0 Å². The van der Waals surface area contributed by atoms with E-state index in [1.54, 1.807) is 0 Å². The van der Waals surface area contributed by atoms with Gasteiger partial charge in [-0.2, -0.15) is 0 Å². The fourth-order valence-corrected chi connectivity index (χ4v) is 9.11. The quantitative estimate of drug-likeness (QED) is 0.168. The van der Waals surface area contributed by atoms with E-state index in [4.69, 9.17) is 0 Å². The number of nitrogens with zero attached hydrogens (tertiary/aromatic N) is 1. The predicted molar refractivity (Wildman–Crippen MR) is 258 cm³/mol. The molecule has 286 valence electrons. The van der Waals surface area contributed by atoms with Gasteiger partial charge in [0.05, 0.1) is 11.4 Å². The van der Waals surface area contributed by atoms with Gasteiger partial charge in [0.1, 0.15) is 0 Å². The van der Waals surface area contributed by atoms with E-state index in [0.29, 0.717) is 0 Å². The summed E-state index contributed by atoms with van der Waals surface area (Å²) < 4.78 is 0. The van der Waals surface area contributed by atoms with Crippen molar-refractivity contribution < 1.29 is 0 Å². The molecule has 0 saturated heterocycles. The van der Waals surface area contributed by atoms with Crippen molar-refractivity contribution in [1.82, 2.24) is 0 Å². The molecule has 61 heavy (non-hydrogen) atoms. The van der Waals surface area contributed by atoms with Gasteiger partial charge in [-0.25, -0.2) is 0 Å². The molecule has 1 heterocycles. The molecule has 0 radical (unpaired) electrons. The monoisotopic (exact) mass is 775 g/mol. The largest absolute Gasteiger partial charge is 0.309 e. The molecule has 0 aliphatic carbocycles. The Kier molecular flexibility index (Phi) is 9.26. The third kappa shape index (κ3) is 6.73. The maximum Gasteiger partial charge on any atom is 0.0540 e. The van der Waals surface area contributed by atoms with Crippen LogP contribution in [0.3, 0.4) is 0 Å². The first-order valence-corrected chi connectivity index (χ1v) is 21.0. The van der Waals surface area contributed by atoms with Gasteiger partial charge >= 0.3 is 0 Å². The number of anilines is 3. The third-order valence-electron chi connectivity index (χ3n) is 12.0. The second-order valence-corrected chi connectivity index (χ2v) is 15.7. The fourth-order valence-electron chi connectivity index (χ4n) is 9.11. The summed E-state index contributed by atoms with van der Waals surface area (Å²) in [6, 6.07) is 90.9. The van der Waals surface area contributed by atoms with Gasteiger partial charge in [-0.3, -0.25) is 0 Å². The summed E-state index contributed by atoms with van der Waals surface area (Å²) >= 11 is 0. The Bertz CT molecular complexity index is 2990. The van der Waals surface area contributed by atoms with Gasteiger partial charge in [-0.05, 0) is 126 Å². The van der Waals surface area contributed by atoms with Crippen LogP contribution < -0.4 is 4.90 Å². The molecule has 0 N–H and O–H groups in total. The topological polar surface area (TPSA) is 3.24 Å². The van der Waals surface area contributed by atoms with Gasteiger partial charge in [0.25, 0.3) is 0 Å². The highest BCUT2D eigenvalue weighted by atomic mass is 15.1. The Hall–Kier alpha value is -8.00. The van der Waals surface area contributed by atoms with Crippen molar-refractivity contribution in [2.24, 2.45) is 0 Å². The molecule has 1 aliphatic rings. The Morgan fingerprint density at radius 3 is 0.836 bits per heavy atom. The van der Waals surface area contributed by atoms with E-state index in [1.165, 1.54) is 77.9 Å². The SMILES string of the molecule is c1ccc(-c2cccc(-c3ccc4c(c3)-c3ccccc3-c3ccccc3-c3ccccc3-c3cc(-c5cccc(-c6ccccc6)c5)ccc3N4c3ccccc3)c2)cc1. The lowest BCUT2D eigenvalue weighted by atomic mass is 9.86. The van der Waals surface area contributed by atoms with Crippen LogP contribution in [0.4, 0.5) is 17.1 Å². The Morgan fingerprint density at radius 2 is 0.459 bits per heavy atom. The van der Waals surface area contributed by atoms with Crippen molar-refractivity contribution in [2.45, 2.75) is 0 Å². The molecule has 0 unspecified atom stereocenters. The molecule has 0 fully saturated rings. The second kappa shape index (κ2) is 15.6. The smallest absolute Gasteiger partial charge is 0.0540 e. The Morgan fingerprint density at radius 1 is 0.180 bits per heavy atom. The van der Waals surface area contributed by atoms with Crippen molar-refractivity contribution in [3.8, 4) is 89.0 Å². The standard InChI is InChI=1S/C60H41N/c1-4-18-42(19-5-1)44-22-16-24-46(38-44)48-34-36-59-57(40-48)55-32-14-12-30-53(55)51-28-10-11-29-52(51)54-31-13-15-33-56(54)58-41-49(35-37-60(58)61(59)50-26-8-3-9-27-50)47-25-17-23-45(39-47)43-20-6-2-7-21-43/h1-41H. The lowest BCUT2D eigenvalue weighted by Crippen LogP contribution is -2.13. The zero-order valence-electron chi connectivity index (χ0n) is 33.6. The third-order valence-corrected chi connectivity index (χ3v) is 12.0. The van der Waals surface area contributed by atoms with Crippen molar-refractivity contribution in [2.75, 3.05) is 4.90 Å². The first kappa shape index (κ1) is 36.1. The van der Waals surface area contributed by atoms with E-state index in [1.807, 2.05) is 0 Å². The molecule has 10 aromatic rings. The minimum absolute atomic E-state index is 1.09. The highest BCUT2D eigenvalue weighted by molar-refractivity contribution is 6.04. The lowest BCUT2D eigenvalue weighted by molar-refractivity contribution is 1.28. The average molecular weight is 776 g/mol. The summed E-state index contributed by atoms with van der Waals surface area (Å²) in [6.45, 7) is 0. The molecule has 0 bridgehead atoms. The summed E-state index contributed by atoms with van der Waals surface area (Å²) in [5.41, 5.74) is 22.3. The second-order valence-electron chi connectivity index (χ2n) is 15.7. The predicted octanol–water partition coefficient (Wildman–Crippen LogP) is 16.8. The fraction of sp³-hybridized carbons (Fsp3) is 0. The van der Waals surface area contributed by atoms with E-state index >= 15 is 0 Å². The summed E-state index contributed by atoms with van der Waals surface area (Å²) in [6.07, 6.45) is 0. The van der Waals surface area contributed by atoms with Gasteiger partial charge < -0.3 is 4.90 Å². The molecule has 1 aliphatic heterocycles. The molecule has 0 amide bonds. The van der Waals surface area contributed by atoms with Crippen LogP contribution in [0, 0.1) is 0 Å². The molecule has 1 heteroatoms. The lowest BCUT2D eigenvalue weighted by Gasteiger charge is -2.31. The Balaban J connectivity index is 1.21. The number of hydrogen-bond donors (Lipinski definition) is 0. The number of hydrogen-bond acceptors (Lipinski definition) is 1. The molecular weight excluding hydrogens is 735 g/mol. The maximum atomic E-state index is 2.47. The van der Waals surface area contributed by atoms with Crippen molar-refractivity contribution >= 4 is 17.1 Å². The van der Waals surface area contributed by atoms with Crippen molar-refractivity contribution in [3.05, 3.63) is 249 Å². The molecule has 0 saturated carbocycles. The zero-order chi connectivity index (χ0) is 40.5. The minimum atomic E-state index is 1.09.